The highest BCUT2D eigenvalue weighted by atomic mass is 19.4. The molecule has 2 saturated heterocycles. The average Bonchev–Trinajstić information content (AvgIpc) is 2.94. The molecule has 5 unspecified atom stereocenters. The molecule has 44 heavy (non-hydrogen) atoms. The van der Waals surface area contributed by atoms with Crippen LogP contribution >= 0.6 is 0 Å². The van der Waals surface area contributed by atoms with Crippen LogP contribution in [0.4, 0.5) is 35.1 Å². The zero-order chi connectivity index (χ0) is 32.4. The topological polar surface area (TPSA) is 48.0 Å². The number of hydrogen-bond acceptors (Lipinski definition) is 5. The minimum atomic E-state index is -5.04. The van der Waals surface area contributed by atoms with E-state index in [1.165, 1.54) is 13.0 Å². The minimum Gasteiger partial charge on any atom is -0.466 e. The normalized spacial score (nSPS) is 25.9. The number of benzene rings is 2. The molecule has 5 nitrogen and oxygen atoms in total. The van der Waals surface area contributed by atoms with Gasteiger partial charge >= 0.3 is 18.3 Å². The van der Waals surface area contributed by atoms with E-state index in [4.69, 9.17) is 14.2 Å². The van der Waals surface area contributed by atoms with Crippen molar-refractivity contribution in [3.05, 3.63) is 70.3 Å². The van der Waals surface area contributed by atoms with Gasteiger partial charge in [-0.05, 0) is 94.0 Å². The van der Waals surface area contributed by atoms with Crippen LogP contribution in [0.15, 0.2) is 36.4 Å². The van der Waals surface area contributed by atoms with Crippen molar-refractivity contribution in [2.75, 3.05) is 32.8 Å². The summed E-state index contributed by atoms with van der Waals surface area (Å²) in [4.78, 5) is 14.8. The Morgan fingerprint density at radius 3 is 2.30 bits per heavy atom. The lowest BCUT2D eigenvalue weighted by Gasteiger charge is -2.44. The maximum atomic E-state index is 14.4. The Morgan fingerprint density at radius 1 is 1.05 bits per heavy atom. The Kier molecular flexibility index (Phi) is 10.3. The molecule has 244 valence electrons. The van der Waals surface area contributed by atoms with Gasteiger partial charge in [0.2, 0.25) is 0 Å². The van der Waals surface area contributed by atoms with E-state index in [2.05, 4.69) is 4.90 Å². The number of carbonyl (C=O) groups is 1. The lowest BCUT2D eigenvalue weighted by atomic mass is 9.78. The van der Waals surface area contributed by atoms with Crippen molar-refractivity contribution in [2.24, 2.45) is 11.3 Å². The Labute approximate surface area is 250 Å². The Balaban J connectivity index is 1.64. The van der Waals surface area contributed by atoms with E-state index in [9.17, 15) is 39.9 Å². The SMILES string of the molecule is CCOC(=O)C1(C)CCCN(CC2CCOC(OC(C)c3cc(C(F)(F)F)cc(C(F)(F)F)c3)C2c2ccc(F)c(F)c2)C1. The van der Waals surface area contributed by atoms with Crippen molar-refractivity contribution >= 4 is 5.97 Å². The van der Waals surface area contributed by atoms with Gasteiger partial charge in [0.15, 0.2) is 17.9 Å². The zero-order valence-corrected chi connectivity index (χ0v) is 24.5. The number of nitrogens with zero attached hydrogens (tertiary/aromatic N) is 1. The van der Waals surface area contributed by atoms with E-state index in [0.29, 0.717) is 56.6 Å². The van der Waals surface area contributed by atoms with Gasteiger partial charge in [-0.1, -0.05) is 6.07 Å². The number of esters is 1. The van der Waals surface area contributed by atoms with E-state index in [0.717, 1.165) is 12.1 Å². The summed E-state index contributed by atoms with van der Waals surface area (Å²) in [6, 6.07) is 4.52. The summed E-state index contributed by atoms with van der Waals surface area (Å²) in [5.41, 5.74) is -3.78. The molecule has 0 bridgehead atoms. The molecular formula is C31H35F8NO4. The molecule has 0 aliphatic carbocycles. The molecule has 0 spiro atoms. The first kappa shape index (κ1) is 34.1. The van der Waals surface area contributed by atoms with Crippen LogP contribution < -0.4 is 0 Å². The van der Waals surface area contributed by atoms with E-state index >= 15 is 0 Å². The standard InChI is InChI=1S/C31H35F8NO4/c1-4-42-28(41)29(3)9-5-10-40(17-29)16-20-8-11-43-27(26(20)19-6-7-24(32)25(33)14-19)44-18(2)21-12-22(30(34,35)36)15-23(13-21)31(37,38)39/h6-7,12-15,18,20,26-27H,4-5,8-11,16-17H2,1-3H3. The molecule has 0 saturated carbocycles. The maximum absolute atomic E-state index is 14.4. The lowest BCUT2D eigenvalue weighted by molar-refractivity contribution is -0.211. The fourth-order valence-electron chi connectivity index (χ4n) is 6.12. The number of alkyl halides is 6. The Hall–Kier alpha value is -2.77. The van der Waals surface area contributed by atoms with Crippen molar-refractivity contribution in [1.29, 1.82) is 0 Å². The van der Waals surface area contributed by atoms with Gasteiger partial charge in [-0.15, -0.1) is 0 Å². The quantitative estimate of drug-likeness (QED) is 0.218. The number of carbonyl (C=O) groups excluding carboxylic acids is 1. The lowest BCUT2D eigenvalue weighted by Crippen LogP contribution is -2.50. The Morgan fingerprint density at radius 2 is 1.70 bits per heavy atom. The third kappa shape index (κ3) is 7.89. The fraction of sp³-hybridized carbons (Fsp3) is 0.581. The third-order valence-corrected chi connectivity index (χ3v) is 8.35. The molecule has 2 aliphatic rings. The van der Waals surface area contributed by atoms with E-state index < -0.39 is 58.8 Å². The van der Waals surface area contributed by atoms with Crippen LogP contribution in [-0.4, -0.2) is 50.0 Å². The largest absolute Gasteiger partial charge is 0.466 e. The van der Waals surface area contributed by atoms with Crippen LogP contribution in [0.25, 0.3) is 0 Å². The van der Waals surface area contributed by atoms with Gasteiger partial charge in [-0.25, -0.2) is 8.78 Å². The van der Waals surface area contributed by atoms with Crippen LogP contribution in [0.3, 0.4) is 0 Å². The number of ether oxygens (including phenoxy) is 3. The maximum Gasteiger partial charge on any atom is 0.416 e. The predicted octanol–water partition coefficient (Wildman–Crippen LogP) is 7.89. The predicted molar refractivity (Wildman–Crippen MR) is 143 cm³/mol. The average molecular weight is 638 g/mol. The molecular weight excluding hydrogens is 602 g/mol. The molecule has 0 radical (unpaired) electrons. The van der Waals surface area contributed by atoms with Crippen LogP contribution in [0.1, 0.15) is 74.3 Å². The summed E-state index contributed by atoms with van der Waals surface area (Å²) >= 11 is 0. The molecule has 5 atom stereocenters. The number of piperidine rings is 1. The van der Waals surface area contributed by atoms with E-state index in [1.54, 1.807) is 6.92 Å². The summed E-state index contributed by atoms with van der Waals surface area (Å²) in [6.45, 7) is 6.68. The first-order chi connectivity index (χ1) is 20.5. The smallest absolute Gasteiger partial charge is 0.416 e. The van der Waals surface area contributed by atoms with Crippen molar-refractivity contribution in [3.8, 4) is 0 Å². The van der Waals surface area contributed by atoms with Crippen molar-refractivity contribution in [2.45, 2.75) is 70.7 Å². The van der Waals surface area contributed by atoms with Gasteiger partial charge < -0.3 is 19.1 Å². The summed E-state index contributed by atoms with van der Waals surface area (Å²) in [5.74, 6) is -3.59. The third-order valence-electron chi connectivity index (χ3n) is 8.35. The molecule has 2 heterocycles. The van der Waals surface area contributed by atoms with Crippen molar-refractivity contribution in [1.82, 2.24) is 4.90 Å². The second-order valence-corrected chi connectivity index (χ2v) is 11.7. The summed E-state index contributed by atoms with van der Waals surface area (Å²) in [5, 5.41) is 0. The molecule has 2 aromatic carbocycles. The second-order valence-electron chi connectivity index (χ2n) is 11.7. The molecule has 2 fully saturated rings. The van der Waals surface area contributed by atoms with Gasteiger partial charge in [0.05, 0.1) is 35.9 Å². The van der Waals surface area contributed by atoms with Gasteiger partial charge in [-0.2, -0.15) is 26.3 Å². The van der Waals surface area contributed by atoms with Gasteiger partial charge in [0.25, 0.3) is 0 Å². The molecule has 0 N–H and O–H groups in total. The highest BCUT2D eigenvalue weighted by Crippen LogP contribution is 2.43. The van der Waals surface area contributed by atoms with E-state index in [-0.39, 0.29) is 36.7 Å². The highest BCUT2D eigenvalue weighted by Gasteiger charge is 2.43. The summed E-state index contributed by atoms with van der Waals surface area (Å²) in [7, 11) is 0. The van der Waals surface area contributed by atoms with Crippen molar-refractivity contribution in [3.63, 3.8) is 0 Å². The number of likely N-dealkylation sites (tertiary alicyclic amines) is 1. The van der Waals surface area contributed by atoms with Gasteiger partial charge in [0, 0.05) is 19.0 Å². The zero-order valence-electron chi connectivity index (χ0n) is 24.5. The minimum absolute atomic E-state index is 0.0378. The first-order valence-electron chi connectivity index (χ1n) is 14.4. The van der Waals surface area contributed by atoms with Gasteiger partial charge in [-0.3, -0.25) is 4.79 Å². The van der Waals surface area contributed by atoms with Crippen LogP contribution in [0.5, 0.6) is 0 Å². The number of hydrogen-bond donors (Lipinski definition) is 0. The first-order valence-corrected chi connectivity index (χ1v) is 14.4. The number of halogens is 8. The summed E-state index contributed by atoms with van der Waals surface area (Å²) in [6.07, 6.45) is -10.8. The number of rotatable bonds is 8. The van der Waals surface area contributed by atoms with E-state index in [1.807, 2.05) is 6.92 Å². The second kappa shape index (κ2) is 13.3. The monoisotopic (exact) mass is 637 g/mol. The Bertz CT molecular complexity index is 1280. The molecule has 2 aromatic rings. The van der Waals surface area contributed by atoms with Crippen LogP contribution in [-0.2, 0) is 31.4 Å². The van der Waals surface area contributed by atoms with Crippen LogP contribution in [0.2, 0.25) is 0 Å². The molecule has 0 amide bonds. The van der Waals surface area contributed by atoms with Gasteiger partial charge in [0.1, 0.15) is 0 Å². The highest BCUT2D eigenvalue weighted by molar-refractivity contribution is 5.76. The molecule has 2 aliphatic heterocycles. The summed E-state index contributed by atoms with van der Waals surface area (Å²) < 4.78 is 126. The molecule has 0 aromatic heterocycles. The molecule has 4 rings (SSSR count). The fourth-order valence-corrected chi connectivity index (χ4v) is 6.12. The molecule has 13 heteroatoms. The van der Waals surface area contributed by atoms with Crippen LogP contribution in [0, 0.1) is 23.0 Å². The van der Waals surface area contributed by atoms with Crippen molar-refractivity contribution < 1.29 is 54.1 Å².